The lowest BCUT2D eigenvalue weighted by Crippen LogP contribution is -2.25. The van der Waals surface area contributed by atoms with Gasteiger partial charge in [-0.1, -0.05) is 6.07 Å². The number of rotatable bonds is 4. The minimum Gasteiger partial charge on any atom is -0.508 e. The van der Waals surface area contributed by atoms with Crippen LogP contribution in [0.15, 0.2) is 36.4 Å². The van der Waals surface area contributed by atoms with Crippen LogP contribution in [-0.2, 0) is 6.42 Å². The number of aromatic hydroxyl groups is 2. The Labute approximate surface area is 121 Å². The molecule has 2 aromatic rings. The zero-order valence-corrected chi connectivity index (χ0v) is 11.6. The van der Waals surface area contributed by atoms with Crippen molar-refractivity contribution in [1.82, 2.24) is 5.32 Å². The van der Waals surface area contributed by atoms with Crippen molar-refractivity contribution in [2.45, 2.75) is 13.3 Å². The highest BCUT2D eigenvalue weighted by Crippen LogP contribution is 2.22. The van der Waals surface area contributed by atoms with Gasteiger partial charge in [0.25, 0.3) is 5.91 Å². The predicted octanol–water partition coefficient (Wildman–Crippen LogP) is 2.52. The predicted molar refractivity (Wildman–Crippen MR) is 76.9 cm³/mol. The molecule has 0 fully saturated rings. The molecule has 0 atom stereocenters. The Kier molecular flexibility index (Phi) is 4.42. The van der Waals surface area contributed by atoms with Crippen LogP contribution < -0.4 is 5.32 Å². The van der Waals surface area contributed by atoms with Crippen LogP contribution in [-0.4, -0.2) is 22.7 Å². The average Bonchev–Trinajstić information content (AvgIpc) is 2.41. The molecule has 21 heavy (non-hydrogen) atoms. The fraction of sp³-hybridized carbons (Fsp3) is 0.188. The summed E-state index contributed by atoms with van der Waals surface area (Å²) >= 11 is 0. The molecule has 0 aliphatic rings. The lowest BCUT2D eigenvalue weighted by molar-refractivity contribution is 0.0951. The Bertz CT molecular complexity index is 671. The number of nitrogens with one attached hydrogen (secondary N) is 1. The largest absolute Gasteiger partial charge is 0.508 e. The number of aryl methyl sites for hydroxylation is 1. The molecule has 110 valence electrons. The summed E-state index contributed by atoms with van der Waals surface area (Å²) < 4.78 is 13.0. The molecule has 0 heterocycles. The third-order valence-corrected chi connectivity index (χ3v) is 3.21. The van der Waals surface area contributed by atoms with Crippen molar-refractivity contribution in [3.8, 4) is 11.5 Å². The molecule has 0 radical (unpaired) electrons. The molecule has 0 saturated carbocycles. The monoisotopic (exact) mass is 289 g/mol. The van der Waals surface area contributed by atoms with Crippen LogP contribution in [0.4, 0.5) is 4.39 Å². The van der Waals surface area contributed by atoms with Crippen LogP contribution in [0.2, 0.25) is 0 Å². The van der Waals surface area contributed by atoms with Crippen LogP contribution in [0, 0.1) is 12.7 Å². The first-order valence-corrected chi connectivity index (χ1v) is 6.52. The van der Waals surface area contributed by atoms with E-state index in [1.807, 2.05) is 6.92 Å². The lowest BCUT2D eigenvalue weighted by Gasteiger charge is -2.09. The van der Waals surface area contributed by atoms with Gasteiger partial charge in [-0.25, -0.2) is 4.39 Å². The summed E-state index contributed by atoms with van der Waals surface area (Å²) in [6, 6.07) is 8.31. The highest BCUT2D eigenvalue weighted by atomic mass is 19.1. The molecule has 2 aromatic carbocycles. The van der Waals surface area contributed by atoms with Crippen LogP contribution in [0.5, 0.6) is 11.5 Å². The topological polar surface area (TPSA) is 69.6 Å². The van der Waals surface area contributed by atoms with E-state index in [0.29, 0.717) is 13.0 Å². The summed E-state index contributed by atoms with van der Waals surface area (Å²) in [5, 5.41) is 21.4. The second-order valence-electron chi connectivity index (χ2n) is 4.78. The minimum atomic E-state index is -0.424. The van der Waals surface area contributed by atoms with Crippen LogP contribution in [0.25, 0.3) is 0 Å². The van der Waals surface area contributed by atoms with Gasteiger partial charge < -0.3 is 15.5 Å². The highest BCUT2D eigenvalue weighted by molar-refractivity contribution is 5.96. The number of phenols is 2. The number of hydrogen-bond acceptors (Lipinski definition) is 3. The molecule has 1 amide bonds. The third-order valence-electron chi connectivity index (χ3n) is 3.21. The van der Waals surface area contributed by atoms with E-state index in [4.69, 9.17) is 0 Å². The number of amides is 1. The van der Waals surface area contributed by atoms with Crippen LogP contribution >= 0.6 is 0 Å². The highest BCUT2D eigenvalue weighted by Gasteiger charge is 2.11. The van der Waals surface area contributed by atoms with Gasteiger partial charge in [0.2, 0.25) is 0 Å². The first-order valence-electron chi connectivity index (χ1n) is 6.52. The Hall–Kier alpha value is -2.56. The normalized spacial score (nSPS) is 10.4. The molecule has 0 aliphatic heterocycles. The SMILES string of the molecule is Cc1cc(F)ccc1CCNC(=O)c1ccc(O)cc1O. The molecule has 0 aliphatic carbocycles. The Morgan fingerprint density at radius 1 is 1.19 bits per heavy atom. The van der Waals surface area contributed by atoms with Gasteiger partial charge in [0.15, 0.2) is 0 Å². The van der Waals surface area contributed by atoms with Crippen LogP contribution in [0.3, 0.4) is 0 Å². The van der Waals surface area contributed by atoms with E-state index in [-0.39, 0.29) is 22.9 Å². The quantitative estimate of drug-likeness (QED) is 0.810. The van der Waals surface area contributed by atoms with Crippen molar-refractivity contribution in [2.24, 2.45) is 0 Å². The van der Waals surface area contributed by atoms with Crippen molar-refractivity contribution >= 4 is 5.91 Å². The van der Waals surface area contributed by atoms with E-state index in [1.165, 1.54) is 24.3 Å². The maximum Gasteiger partial charge on any atom is 0.255 e. The molecular weight excluding hydrogens is 273 g/mol. The Balaban J connectivity index is 1.95. The van der Waals surface area contributed by atoms with Crippen molar-refractivity contribution in [3.05, 3.63) is 58.9 Å². The van der Waals surface area contributed by atoms with E-state index in [2.05, 4.69) is 5.32 Å². The van der Waals surface area contributed by atoms with E-state index >= 15 is 0 Å². The second kappa shape index (κ2) is 6.26. The van der Waals surface area contributed by atoms with Crippen LogP contribution in [0.1, 0.15) is 21.5 Å². The first kappa shape index (κ1) is 14.8. The lowest BCUT2D eigenvalue weighted by atomic mass is 10.1. The van der Waals surface area contributed by atoms with Crippen molar-refractivity contribution in [2.75, 3.05) is 6.54 Å². The van der Waals surface area contributed by atoms with Crippen molar-refractivity contribution < 1.29 is 19.4 Å². The number of carbonyl (C=O) groups is 1. The first-order chi connectivity index (χ1) is 9.97. The van der Waals surface area contributed by atoms with Gasteiger partial charge >= 0.3 is 0 Å². The van der Waals surface area contributed by atoms with Gasteiger partial charge in [0.1, 0.15) is 17.3 Å². The number of carbonyl (C=O) groups excluding carboxylic acids is 1. The molecular formula is C16H16FNO3. The summed E-state index contributed by atoms with van der Waals surface area (Å²) in [5.74, 6) is -1.09. The standard InChI is InChI=1S/C16H16FNO3/c1-10-8-12(17)3-2-11(10)6-7-18-16(21)14-5-4-13(19)9-15(14)20/h2-5,8-9,19-20H,6-7H2,1H3,(H,18,21). The van der Waals surface area contributed by atoms with Gasteiger partial charge in [-0.2, -0.15) is 0 Å². The smallest absolute Gasteiger partial charge is 0.255 e. The van der Waals surface area contributed by atoms with Gasteiger partial charge in [-0.15, -0.1) is 0 Å². The zero-order chi connectivity index (χ0) is 15.4. The molecule has 5 heteroatoms. The fourth-order valence-corrected chi connectivity index (χ4v) is 2.06. The molecule has 4 nitrogen and oxygen atoms in total. The van der Waals surface area contributed by atoms with Gasteiger partial charge in [0, 0.05) is 12.6 Å². The number of halogens is 1. The maximum absolute atomic E-state index is 13.0. The maximum atomic E-state index is 13.0. The van der Waals surface area contributed by atoms with E-state index in [9.17, 15) is 19.4 Å². The molecule has 0 aromatic heterocycles. The van der Waals surface area contributed by atoms with Crippen molar-refractivity contribution in [3.63, 3.8) is 0 Å². The zero-order valence-electron chi connectivity index (χ0n) is 11.6. The summed E-state index contributed by atoms with van der Waals surface area (Å²) in [6.45, 7) is 2.18. The Morgan fingerprint density at radius 3 is 2.62 bits per heavy atom. The van der Waals surface area contributed by atoms with Gasteiger partial charge in [0.05, 0.1) is 5.56 Å². The summed E-state index contributed by atoms with van der Waals surface area (Å²) in [7, 11) is 0. The van der Waals surface area contributed by atoms with Gasteiger partial charge in [-0.05, 0) is 48.7 Å². The third kappa shape index (κ3) is 3.72. The molecule has 0 spiro atoms. The molecule has 0 saturated heterocycles. The fourth-order valence-electron chi connectivity index (χ4n) is 2.06. The summed E-state index contributed by atoms with van der Waals surface area (Å²) in [4.78, 5) is 11.9. The number of hydrogen-bond donors (Lipinski definition) is 3. The molecule has 0 unspecified atom stereocenters. The molecule has 3 N–H and O–H groups in total. The second-order valence-corrected chi connectivity index (χ2v) is 4.78. The average molecular weight is 289 g/mol. The number of benzene rings is 2. The molecule has 2 rings (SSSR count). The summed E-state index contributed by atoms with van der Waals surface area (Å²) in [6.07, 6.45) is 0.566. The number of phenolic OH excluding ortho intramolecular Hbond substituents is 2. The van der Waals surface area contributed by atoms with E-state index in [0.717, 1.165) is 17.2 Å². The Morgan fingerprint density at radius 2 is 1.95 bits per heavy atom. The van der Waals surface area contributed by atoms with Crippen molar-refractivity contribution in [1.29, 1.82) is 0 Å². The minimum absolute atomic E-state index is 0.101. The summed E-state index contributed by atoms with van der Waals surface area (Å²) in [5.41, 5.74) is 1.88. The molecule has 0 bridgehead atoms. The van der Waals surface area contributed by atoms with Gasteiger partial charge in [-0.3, -0.25) is 4.79 Å². The van der Waals surface area contributed by atoms with E-state index < -0.39 is 5.91 Å². The van der Waals surface area contributed by atoms with E-state index in [1.54, 1.807) is 6.07 Å².